The number of carboxylic acid groups (broad SMARTS) is 1. The molecule has 1 N–H and O–H groups in total. The van der Waals surface area contributed by atoms with Crippen molar-refractivity contribution in [3.8, 4) is 5.69 Å². The first-order valence-corrected chi connectivity index (χ1v) is 10.5. The van der Waals surface area contributed by atoms with Crippen LogP contribution in [0.25, 0.3) is 11.8 Å². The third-order valence-electron chi connectivity index (χ3n) is 5.25. The number of amides is 2. The molecule has 0 saturated carbocycles. The molecule has 0 spiro atoms. The summed E-state index contributed by atoms with van der Waals surface area (Å²) in [6.07, 6.45) is 1.74. The highest BCUT2D eigenvalue weighted by molar-refractivity contribution is 8.19. The van der Waals surface area contributed by atoms with Gasteiger partial charge in [-0.1, -0.05) is 18.2 Å². The largest absolute Gasteiger partial charge is 0.478 e. The van der Waals surface area contributed by atoms with Crippen LogP contribution in [0.4, 0.5) is 10.5 Å². The number of nitrogens with zero attached hydrogens (tertiary/aromatic N) is 2. The van der Waals surface area contributed by atoms with E-state index in [0.717, 1.165) is 40.0 Å². The number of carbonyl (C=O) groups excluding carboxylic acids is 2. The lowest BCUT2D eigenvalue weighted by Crippen LogP contribution is -2.27. The van der Waals surface area contributed by atoms with Crippen LogP contribution in [0.1, 0.15) is 32.9 Å². The number of rotatable bonds is 4. The fourth-order valence-electron chi connectivity index (χ4n) is 3.75. The van der Waals surface area contributed by atoms with Gasteiger partial charge in [0.15, 0.2) is 0 Å². The van der Waals surface area contributed by atoms with Gasteiger partial charge in [0.1, 0.15) is 0 Å². The average Bonchev–Trinajstić information content (AvgIpc) is 3.17. The van der Waals surface area contributed by atoms with Gasteiger partial charge in [0, 0.05) is 17.1 Å². The molecule has 2 heterocycles. The van der Waals surface area contributed by atoms with Crippen LogP contribution in [0.3, 0.4) is 0 Å². The number of hydrogen-bond donors (Lipinski definition) is 1. The van der Waals surface area contributed by atoms with Crippen LogP contribution in [-0.2, 0) is 4.79 Å². The number of para-hydroxylation sites is 1. The molecule has 0 aliphatic carbocycles. The second kappa shape index (κ2) is 7.92. The van der Waals surface area contributed by atoms with Crippen molar-refractivity contribution in [2.45, 2.75) is 20.8 Å². The number of carbonyl (C=O) groups is 3. The summed E-state index contributed by atoms with van der Waals surface area (Å²) in [6.45, 7) is 5.75. The van der Waals surface area contributed by atoms with Crippen LogP contribution in [0.15, 0.2) is 59.5 Å². The first kappa shape index (κ1) is 20.7. The van der Waals surface area contributed by atoms with Gasteiger partial charge < -0.3 is 9.67 Å². The first-order valence-electron chi connectivity index (χ1n) is 9.64. The van der Waals surface area contributed by atoms with Crippen molar-refractivity contribution in [3.63, 3.8) is 0 Å². The predicted molar refractivity (Wildman–Crippen MR) is 122 cm³/mol. The van der Waals surface area contributed by atoms with Crippen LogP contribution in [0, 0.1) is 20.8 Å². The Labute approximate surface area is 183 Å². The molecular weight excluding hydrogens is 412 g/mol. The van der Waals surface area contributed by atoms with Gasteiger partial charge in [0.25, 0.3) is 11.1 Å². The third kappa shape index (κ3) is 3.68. The number of anilines is 1. The molecule has 1 fully saturated rings. The van der Waals surface area contributed by atoms with E-state index in [1.54, 1.807) is 48.5 Å². The quantitative estimate of drug-likeness (QED) is 0.563. The van der Waals surface area contributed by atoms with Crippen LogP contribution in [-0.4, -0.2) is 26.8 Å². The summed E-state index contributed by atoms with van der Waals surface area (Å²) in [6, 6.07) is 15.8. The molecule has 7 heteroatoms. The Morgan fingerprint density at radius 3 is 2.35 bits per heavy atom. The molecule has 1 aromatic heterocycles. The lowest BCUT2D eigenvalue weighted by Gasteiger charge is -2.13. The maximum absolute atomic E-state index is 12.9. The van der Waals surface area contributed by atoms with Crippen molar-refractivity contribution in [2.75, 3.05) is 4.90 Å². The van der Waals surface area contributed by atoms with E-state index in [4.69, 9.17) is 0 Å². The van der Waals surface area contributed by atoms with Crippen molar-refractivity contribution in [2.24, 2.45) is 0 Å². The number of imide groups is 1. The molecular formula is C24H20N2O4S. The minimum atomic E-state index is -0.967. The molecule has 0 radical (unpaired) electrons. The highest BCUT2D eigenvalue weighted by Crippen LogP contribution is 2.36. The molecule has 1 aliphatic heterocycles. The van der Waals surface area contributed by atoms with Crippen molar-refractivity contribution < 1.29 is 19.5 Å². The van der Waals surface area contributed by atoms with Gasteiger partial charge in [-0.15, -0.1) is 0 Å². The van der Waals surface area contributed by atoms with Crippen LogP contribution in [0.5, 0.6) is 0 Å². The topological polar surface area (TPSA) is 79.6 Å². The van der Waals surface area contributed by atoms with Crippen LogP contribution in [0.2, 0.25) is 0 Å². The maximum Gasteiger partial charge on any atom is 0.335 e. The SMILES string of the molecule is Cc1cc(C(=O)O)ccc1-n1c(C)cc(/C=C2/SC(=O)N(c3ccccc3)C2=O)c1C. The minimum absolute atomic E-state index is 0.235. The predicted octanol–water partition coefficient (Wildman–Crippen LogP) is 5.34. The summed E-state index contributed by atoms with van der Waals surface area (Å²) < 4.78 is 2.02. The van der Waals surface area contributed by atoms with Gasteiger partial charge in [-0.2, -0.15) is 0 Å². The van der Waals surface area contributed by atoms with Crippen molar-refractivity contribution in [1.29, 1.82) is 0 Å². The van der Waals surface area contributed by atoms with Gasteiger partial charge >= 0.3 is 5.97 Å². The maximum atomic E-state index is 12.9. The summed E-state index contributed by atoms with van der Waals surface area (Å²) in [5, 5.41) is 8.89. The number of aromatic nitrogens is 1. The zero-order valence-corrected chi connectivity index (χ0v) is 18.1. The Bertz CT molecular complexity index is 1260. The summed E-state index contributed by atoms with van der Waals surface area (Å²) >= 11 is 0.923. The summed E-state index contributed by atoms with van der Waals surface area (Å²) in [5.74, 6) is -1.31. The van der Waals surface area contributed by atoms with E-state index in [1.807, 2.05) is 37.5 Å². The Morgan fingerprint density at radius 1 is 1.00 bits per heavy atom. The van der Waals surface area contributed by atoms with E-state index in [2.05, 4.69) is 0 Å². The highest BCUT2D eigenvalue weighted by atomic mass is 32.2. The van der Waals surface area contributed by atoms with E-state index >= 15 is 0 Å². The second-order valence-electron chi connectivity index (χ2n) is 7.32. The van der Waals surface area contributed by atoms with E-state index < -0.39 is 5.97 Å². The van der Waals surface area contributed by atoms with Crippen LogP contribution < -0.4 is 4.90 Å². The number of aromatic carboxylic acids is 1. The van der Waals surface area contributed by atoms with Crippen molar-refractivity contribution in [3.05, 3.63) is 87.6 Å². The Hall–Kier alpha value is -3.58. The normalized spacial score (nSPS) is 15.2. The van der Waals surface area contributed by atoms with E-state index in [9.17, 15) is 19.5 Å². The smallest absolute Gasteiger partial charge is 0.335 e. The van der Waals surface area contributed by atoms with Gasteiger partial charge in [0.05, 0.1) is 16.2 Å². The zero-order chi connectivity index (χ0) is 22.3. The van der Waals surface area contributed by atoms with Crippen LogP contribution >= 0.6 is 11.8 Å². The number of hydrogen-bond acceptors (Lipinski definition) is 4. The van der Waals surface area contributed by atoms with E-state index in [-0.39, 0.29) is 16.7 Å². The molecule has 3 aromatic rings. The first-order chi connectivity index (χ1) is 14.8. The second-order valence-corrected chi connectivity index (χ2v) is 8.31. The monoisotopic (exact) mass is 432 g/mol. The molecule has 1 saturated heterocycles. The molecule has 2 aromatic carbocycles. The van der Waals surface area contributed by atoms with Gasteiger partial charge in [-0.25, -0.2) is 9.69 Å². The molecule has 31 heavy (non-hydrogen) atoms. The van der Waals surface area contributed by atoms with Gasteiger partial charge in [0.2, 0.25) is 0 Å². The van der Waals surface area contributed by atoms with E-state index in [0.29, 0.717) is 10.6 Å². The fourth-order valence-corrected chi connectivity index (χ4v) is 4.58. The Balaban J connectivity index is 1.72. The molecule has 2 amide bonds. The standard InChI is InChI=1S/C24H20N2O4S/c1-14-11-17(23(28)29)9-10-20(14)25-15(2)12-18(16(25)3)13-21-22(27)26(24(30)31-21)19-7-5-4-6-8-19/h4-13H,1-3H3,(H,28,29)/b21-13+. The number of aryl methyl sites for hydroxylation is 2. The lowest BCUT2D eigenvalue weighted by atomic mass is 10.1. The third-order valence-corrected chi connectivity index (χ3v) is 6.12. The fraction of sp³-hybridized carbons (Fsp3) is 0.125. The van der Waals surface area contributed by atoms with Gasteiger partial charge in [-0.05, 0) is 86.1 Å². The molecule has 0 atom stereocenters. The number of thioether (sulfide) groups is 1. The molecule has 156 valence electrons. The molecule has 0 bridgehead atoms. The minimum Gasteiger partial charge on any atom is -0.478 e. The summed E-state index contributed by atoms with van der Waals surface area (Å²) in [5.41, 5.74) is 5.16. The molecule has 4 rings (SSSR count). The Kier molecular flexibility index (Phi) is 5.29. The zero-order valence-electron chi connectivity index (χ0n) is 17.2. The molecule has 0 unspecified atom stereocenters. The summed E-state index contributed by atoms with van der Waals surface area (Å²) in [7, 11) is 0. The highest BCUT2D eigenvalue weighted by Gasteiger charge is 2.36. The van der Waals surface area contributed by atoms with Gasteiger partial charge in [-0.3, -0.25) is 9.59 Å². The summed E-state index contributed by atoms with van der Waals surface area (Å²) in [4.78, 5) is 38.2. The van der Waals surface area contributed by atoms with Crippen molar-refractivity contribution >= 4 is 40.6 Å². The average molecular weight is 433 g/mol. The molecule has 6 nitrogen and oxygen atoms in total. The Morgan fingerprint density at radius 2 is 1.71 bits per heavy atom. The lowest BCUT2D eigenvalue weighted by molar-refractivity contribution is -0.113. The molecule has 1 aliphatic rings. The number of carboxylic acids is 1. The number of benzene rings is 2. The van der Waals surface area contributed by atoms with E-state index in [1.165, 1.54) is 4.90 Å². The van der Waals surface area contributed by atoms with Crippen molar-refractivity contribution in [1.82, 2.24) is 4.57 Å².